The molecule has 3 fully saturated rings. The molecule has 3 rings (SSSR count). The summed E-state index contributed by atoms with van der Waals surface area (Å²) in [5.74, 6) is 0.783. The minimum absolute atomic E-state index is 0. The highest BCUT2D eigenvalue weighted by Gasteiger charge is 2.37. The third-order valence-corrected chi connectivity index (χ3v) is 6.19. The van der Waals surface area contributed by atoms with Crippen LogP contribution in [0.4, 0.5) is 0 Å². The standard InChI is InChI=1S/C17H32N2O.ClH/c1-2-17(8-3-4-9-17)13-19-15-7-5-6-14(15)16-12-20-11-10-18-16;/h14-16,18-19H,2-13H2,1H3;1H. The predicted octanol–water partition coefficient (Wildman–Crippen LogP) is 3.13. The number of hydrogen-bond acceptors (Lipinski definition) is 3. The Morgan fingerprint density at radius 3 is 2.67 bits per heavy atom. The highest BCUT2D eigenvalue weighted by atomic mass is 35.5. The van der Waals surface area contributed by atoms with Gasteiger partial charge < -0.3 is 15.4 Å². The fourth-order valence-electron chi connectivity index (χ4n) is 4.71. The van der Waals surface area contributed by atoms with Gasteiger partial charge in [0.2, 0.25) is 0 Å². The second kappa shape index (κ2) is 8.14. The van der Waals surface area contributed by atoms with Gasteiger partial charge in [0, 0.05) is 25.2 Å². The van der Waals surface area contributed by atoms with Crippen LogP contribution in [-0.4, -0.2) is 38.4 Å². The molecule has 0 radical (unpaired) electrons. The Morgan fingerprint density at radius 1 is 1.19 bits per heavy atom. The summed E-state index contributed by atoms with van der Waals surface area (Å²) < 4.78 is 5.67. The second-order valence-electron chi connectivity index (χ2n) is 7.28. The van der Waals surface area contributed by atoms with E-state index in [4.69, 9.17) is 4.74 Å². The molecule has 0 aromatic carbocycles. The van der Waals surface area contributed by atoms with Crippen molar-refractivity contribution in [2.45, 2.75) is 70.4 Å². The van der Waals surface area contributed by atoms with Crippen LogP contribution in [0.2, 0.25) is 0 Å². The van der Waals surface area contributed by atoms with Gasteiger partial charge >= 0.3 is 0 Å². The van der Waals surface area contributed by atoms with E-state index >= 15 is 0 Å². The Kier molecular flexibility index (Phi) is 6.79. The first kappa shape index (κ1) is 17.5. The van der Waals surface area contributed by atoms with E-state index in [9.17, 15) is 0 Å². The molecule has 21 heavy (non-hydrogen) atoms. The lowest BCUT2D eigenvalue weighted by molar-refractivity contribution is 0.0515. The van der Waals surface area contributed by atoms with Gasteiger partial charge in [-0.3, -0.25) is 0 Å². The maximum Gasteiger partial charge on any atom is 0.0623 e. The molecule has 0 amide bonds. The third-order valence-electron chi connectivity index (χ3n) is 6.19. The van der Waals surface area contributed by atoms with Crippen LogP contribution in [0, 0.1) is 11.3 Å². The van der Waals surface area contributed by atoms with E-state index in [0.717, 1.165) is 31.7 Å². The lowest BCUT2D eigenvalue weighted by Crippen LogP contribution is -2.52. The highest BCUT2D eigenvalue weighted by molar-refractivity contribution is 5.85. The monoisotopic (exact) mass is 316 g/mol. The molecule has 0 aromatic heterocycles. The van der Waals surface area contributed by atoms with E-state index in [-0.39, 0.29) is 12.4 Å². The molecule has 1 heterocycles. The normalized spacial score (nSPS) is 35.6. The van der Waals surface area contributed by atoms with Crippen molar-refractivity contribution in [2.24, 2.45) is 11.3 Å². The lowest BCUT2D eigenvalue weighted by atomic mass is 9.82. The SMILES string of the molecule is CCC1(CNC2CCCC2C2COCCN2)CCCC1.Cl. The number of rotatable bonds is 5. The minimum Gasteiger partial charge on any atom is -0.379 e. The number of morpholine rings is 1. The van der Waals surface area contributed by atoms with Gasteiger partial charge in [-0.2, -0.15) is 0 Å². The van der Waals surface area contributed by atoms with E-state index in [1.54, 1.807) is 0 Å². The average Bonchev–Trinajstić information content (AvgIpc) is 3.16. The van der Waals surface area contributed by atoms with E-state index in [2.05, 4.69) is 17.6 Å². The van der Waals surface area contributed by atoms with Gasteiger partial charge in [-0.1, -0.05) is 26.2 Å². The van der Waals surface area contributed by atoms with Gasteiger partial charge in [-0.15, -0.1) is 12.4 Å². The van der Waals surface area contributed by atoms with Crippen LogP contribution in [0.25, 0.3) is 0 Å². The molecule has 0 bridgehead atoms. The van der Waals surface area contributed by atoms with Gasteiger partial charge in [0.25, 0.3) is 0 Å². The van der Waals surface area contributed by atoms with Gasteiger partial charge in [0.1, 0.15) is 0 Å². The van der Waals surface area contributed by atoms with Crippen LogP contribution in [0.15, 0.2) is 0 Å². The van der Waals surface area contributed by atoms with Crippen molar-refractivity contribution < 1.29 is 4.74 Å². The number of hydrogen-bond donors (Lipinski definition) is 2. The molecule has 2 N–H and O–H groups in total. The zero-order valence-electron chi connectivity index (χ0n) is 13.5. The van der Waals surface area contributed by atoms with Gasteiger partial charge in [-0.05, 0) is 43.4 Å². The smallest absolute Gasteiger partial charge is 0.0623 e. The van der Waals surface area contributed by atoms with E-state index in [1.807, 2.05) is 0 Å². The maximum absolute atomic E-state index is 5.67. The largest absolute Gasteiger partial charge is 0.379 e. The summed E-state index contributed by atoms with van der Waals surface area (Å²) in [6.07, 6.45) is 11.3. The molecule has 3 unspecified atom stereocenters. The highest BCUT2D eigenvalue weighted by Crippen LogP contribution is 2.41. The fourth-order valence-corrected chi connectivity index (χ4v) is 4.71. The molecular weight excluding hydrogens is 284 g/mol. The van der Waals surface area contributed by atoms with Crippen LogP contribution in [0.1, 0.15) is 58.3 Å². The van der Waals surface area contributed by atoms with Gasteiger partial charge in [0.05, 0.1) is 13.2 Å². The zero-order chi connectivity index (χ0) is 13.8. The summed E-state index contributed by atoms with van der Waals surface area (Å²) >= 11 is 0. The summed E-state index contributed by atoms with van der Waals surface area (Å²) in [5.41, 5.74) is 0.615. The minimum atomic E-state index is 0. The molecule has 1 saturated heterocycles. The quantitative estimate of drug-likeness (QED) is 0.817. The predicted molar refractivity (Wildman–Crippen MR) is 90.2 cm³/mol. The van der Waals surface area contributed by atoms with Crippen LogP contribution in [0.3, 0.4) is 0 Å². The zero-order valence-corrected chi connectivity index (χ0v) is 14.4. The topological polar surface area (TPSA) is 33.3 Å². The molecule has 3 atom stereocenters. The Balaban J connectivity index is 0.00000161. The molecule has 3 nitrogen and oxygen atoms in total. The summed E-state index contributed by atoms with van der Waals surface area (Å²) in [6.45, 7) is 6.47. The van der Waals surface area contributed by atoms with E-state index in [0.29, 0.717) is 11.5 Å². The van der Waals surface area contributed by atoms with Crippen molar-refractivity contribution in [3.05, 3.63) is 0 Å². The lowest BCUT2D eigenvalue weighted by Gasteiger charge is -2.35. The summed E-state index contributed by atoms with van der Waals surface area (Å²) in [5, 5.41) is 7.64. The van der Waals surface area contributed by atoms with Gasteiger partial charge in [-0.25, -0.2) is 0 Å². The summed E-state index contributed by atoms with van der Waals surface area (Å²) in [4.78, 5) is 0. The molecule has 2 aliphatic carbocycles. The third kappa shape index (κ3) is 4.13. The van der Waals surface area contributed by atoms with Crippen molar-refractivity contribution >= 4 is 12.4 Å². The molecular formula is C17H33ClN2O. The van der Waals surface area contributed by atoms with Crippen molar-refractivity contribution in [3.63, 3.8) is 0 Å². The second-order valence-corrected chi connectivity index (χ2v) is 7.28. The van der Waals surface area contributed by atoms with E-state index < -0.39 is 0 Å². The van der Waals surface area contributed by atoms with E-state index in [1.165, 1.54) is 57.9 Å². The molecule has 0 aromatic rings. The summed E-state index contributed by atoms with van der Waals surface area (Å²) in [6, 6.07) is 1.31. The van der Waals surface area contributed by atoms with Crippen LogP contribution in [0.5, 0.6) is 0 Å². The maximum atomic E-state index is 5.67. The van der Waals surface area contributed by atoms with Gasteiger partial charge in [0.15, 0.2) is 0 Å². The number of ether oxygens (including phenoxy) is 1. The van der Waals surface area contributed by atoms with Crippen LogP contribution in [-0.2, 0) is 4.74 Å². The molecule has 2 saturated carbocycles. The molecule has 124 valence electrons. The molecule has 0 spiro atoms. The number of halogens is 1. The first-order chi connectivity index (χ1) is 9.83. The Hall–Kier alpha value is 0.170. The Bertz CT molecular complexity index is 301. The molecule has 1 aliphatic heterocycles. The van der Waals surface area contributed by atoms with Crippen molar-refractivity contribution in [1.29, 1.82) is 0 Å². The number of nitrogens with one attached hydrogen (secondary N) is 2. The van der Waals surface area contributed by atoms with Crippen molar-refractivity contribution in [1.82, 2.24) is 10.6 Å². The van der Waals surface area contributed by atoms with Crippen LogP contribution >= 0.6 is 12.4 Å². The van der Waals surface area contributed by atoms with Crippen molar-refractivity contribution in [2.75, 3.05) is 26.3 Å². The van der Waals surface area contributed by atoms with Crippen molar-refractivity contribution in [3.8, 4) is 0 Å². The molecule has 4 heteroatoms. The fraction of sp³-hybridized carbons (Fsp3) is 1.00. The summed E-state index contributed by atoms with van der Waals surface area (Å²) in [7, 11) is 0. The first-order valence-corrected chi connectivity index (χ1v) is 8.87. The molecule has 3 aliphatic rings. The first-order valence-electron chi connectivity index (χ1n) is 8.87. The Labute approximate surface area is 136 Å². The van der Waals surface area contributed by atoms with Crippen LogP contribution < -0.4 is 10.6 Å². The average molecular weight is 317 g/mol. The Morgan fingerprint density at radius 2 is 2.00 bits per heavy atom.